The van der Waals surface area contributed by atoms with E-state index in [1.165, 1.54) is 0 Å². The van der Waals surface area contributed by atoms with Gasteiger partial charge in [-0.3, -0.25) is 4.68 Å². The maximum atomic E-state index is 15.7. The van der Waals surface area contributed by atoms with Gasteiger partial charge in [0.05, 0.1) is 24.3 Å². The third-order valence-electron chi connectivity index (χ3n) is 6.98. The fraction of sp³-hybridized carbons (Fsp3) is 0.462. The lowest BCUT2D eigenvalue weighted by molar-refractivity contribution is -0.0242. The van der Waals surface area contributed by atoms with Crippen molar-refractivity contribution in [2.24, 2.45) is 5.92 Å². The van der Waals surface area contributed by atoms with E-state index in [1.807, 2.05) is 60.8 Å². The SMILES string of the molecule is CO[C@@H]1c2ccccc2O[C@H](C(CCn2cc(C(CO)c3ccccc3)nn2)[Si](C)(C)F)[C@H]1C. The molecule has 0 radical (unpaired) electrons. The zero-order valence-electron chi connectivity index (χ0n) is 20.3. The summed E-state index contributed by atoms with van der Waals surface area (Å²) in [4.78, 5) is 0. The highest BCUT2D eigenvalue weighted by molar-refractivity contribution is 6.72. The first-order valence-electron chi connectivity index (χ1n) is 11.9. The molecule has 2 unspecified atom stereocenters. The van der Waals surface area contributed by atoms with Crippen LogP contribution in [0.15, 0.2) is 60.8 Å². The number of aliphatic hydroxyl groups is 1. The smallest absolute Gasteiger partial charge is 0.247 e. The number of fused-ring (bicyclic) bond motifs is 1. The summed E-state index contributed by atoms with van der Waals surface area (Å²) in [6.45, 7) is 6.05. The number of halogens is 1. The van der Waals surface area contributed by atoms with Gasteiger partial charge in [-0.2, -0.15) is 0 Å². The van der Waals surface area contributed by atoms with Gasteiger partial charge in [0, 0.05) is 36.9 Å². The summed E-state index contributed by atoms with van der Waals surface area (Å²) >= 11 is 0. The molecule has 1 aliphatic heterocycles. The van der Waals surface area contributed by atoms with Crippen LogP contribution in [0.5, 0.6) is 5.75 Å². The topological polar surface area (TPSA) is 69.4 Å². The summed E-state index contributed by atoms with van der Waals surface area (Å²) in [5.41, 5.74) is 2.46. The summed E-state index contributed by atoms with van der Waals surface area (Å²) in [6.07, 6.45) is 2.02. The third-order valence-corrected chi connectivity index (χ3v) is 9.36. The van der Waals surface area contributed by atoms with Crippen LogP contribution < -0.4 is 4.74 Å². The molecule has 0 fully saturated rings. The molecule has 3 aromatic rings. The van der Waals surface area contributed by atoms with Crippen molar-refractivity contribution in [1.29, 1.82) is 0 Å². The highest BCUT2D eigenvalue weighted by Gasteiger charge is 2.47. The maximum Gasteiger partial charge on any atom is 0.247 e. The number of rotatable bonds is 9. The number of aromatic nitrogens is 3. The summed E-state index contributed by atoms with van der Waals surface area (Å²) in [5.74, 6) is 0.548. The van der Waals surface area contributed by atoms with Crippen LogP contribution in [0.3, 0.4) is 0 Å². The summed E-state index contributed by atoms with van der Waals surface area (Å²) in [6, 6.07) is 17.6. The molecule has 0 amide bonds. The van der Waals surface area contributed by atoms with Crippen molar-refractivity contribution in [2.45, 2.75) is 56.7 Å². The second kappa shape index (κ2) is 10.4. The molecule has 4 rings (SSSR count). The van der Waals surface area contributed by atoms with Crippen molar-refractivity contribution in [2.75, 3.05) is 13.7 Å². The quantitative estimate of drug-likeness (QED) is 0.338. The van der Waals surface area contributed by atoms with Gasteiger partial charge in [-0.15, -0.1) is 5.10 Å². The van der Waals surface area contributed by atoms with Crippen LogP contribution in [0.4, 0.5) is 4.11 Å². The van der Waals surface area contributed by atoms with Gasteiger partial charge in [-0.25, -0.2) is 0 Å². The molecule has 1 aromatic heterocycles. The zero-order chi connectivity index (χ0) is 24.3. The number of hydrogen-bond donors (Lipinski definition) is 1. The van der Waals surface area contributed by atoms with E-state index in [4.69, 9.17) is 9.47 Å². The Hall–Kier alpha value is -2.55. The highest BCUT2D eigenvalue weighted by Crippen LogP contribution is 2.47. The van der Waals surface area contributed by atoms with E-state index in [0.717, 1.165) is 16.9 Å². The van der Waals surface area contributed by atoms with Crippen LogP contribution in [0.25, 0.3) is 0 Å². The van der Waals surface area contributed by atoms with E-state index in [1.54, 1.807) is 24.9 Å². The standard InChI is InChI=1S/C26H34FN3O3Si/c1-18-25(32-2)20-12-8-9-13-23(20)33-26(18)24(34(3,4)27)14-15-30-16-22(28-29-30)21(17-31)19-10-6-5-7-11-19/h5-13,16,18,21,24-26,31H,14-15,17H2,1-4H3/t18-,21?,24?,25-,26-/m0/s1. The first-order valence-corrected chi connectivity index (χ1v) is 14.8. The summed E-state index contributed by atoms with van der Waals surface area (Å²) in [5, 5.41) is 18.5. The number of hydrogen-bond acceptors (Lipinski definition) is 5. The molecule has 8 heteroatoms. The minimum atomic E-state index is -3.09. The van der Waals surface area contributed by atoms with E-state index in [0.29, 0.717) is 18.7 Å². The zero-order valence-corrected chi connectivity index (χ0v) is 21.3. The summed E-state index contributed by atoms with van der Waals surface area (Å²) < 4.78 is 29.7. The Kier molecular flexibility index (Phi) is 7.50. The fourth-order valence-electron chi connectivity index (χ4n) is 5.13. The maximum absolute atomic E-state index is 15.7. The largest absolute Gasteiger partial charge is 0.490 e. The Labute approximate surface area is 201 Å². The number of aryl methyl sites for hydroxylation is 1. The lowest BCUT2D eigenvalue weighted by atomic mass is 9.86. The van der Waals surface area contributed by atoms with Gasteiger partial charge < -0.3 is 18.7 Å². The molecular formula is C26H34FN3O3Si. The fourth-order valence-corrected chi connectivity index (χ4v) is 7.10. The molecule has 2 aromatic carbocycles. The minimum Gasteiger partial charge on any atom is -0.490 e. The number of methoxy groups -OCH3 is 1. The van der Waals surface area contributed by atoms with Crippen molar-refractivity contribution in [3.05, 3.63) is 77.6 Å². The number of aliphatic hydroxyl groups excluding tert-OH is 1. The van der Waals surface area contributed by atoms with Crippen molar-refractivity contribution < 1.29 is 18.7 Å². The van der Waals surface area contributed by atoms with E-state index in [2.05, 4.69) is 17.2 Å². The van der Waals surface area contributed by atoms with Crippen LogP contribution in [-0.4, -0.2) is 48.3 Å². The Morgan fingerprint density at radius 3 is 2.53 bits per heavy atom. The first kappa shape index (κ1) is 24.6. The molecule has 5 atom stereocenters. The van der Waals surface area contributed by atoms with E-state index >= 15 is 4.11 Å². The Morgan fingerprint density at radius 2 is 1.85 bits per heavy atom. The molecule has 0 aliphatic carbocycles. The molecule has 2 heterocycles. The molecule has 0 saturated heterocycles. The molecule has 0 spiro atoms. The predicted octanol–water partition coefficient (Wildman–Crippen LogP) is 5.12. The second-order valence-corrected chi connectivity index (χ2v) is 13.5. The van der Waals surface area contributed by atoms with Gasteiger partial charge in [0.2, 0.25) is 8.41 Å². The Balaban J connectivity index is 1.53. The van der Waals surface area contributed by atoms with E-state index in [-0.39, 0.29) is 36.2 Å². The normalized spacial score (nSPS) is 22.0. The molecule has 0 bridgehead atoms. The van der Waals surface area contributed by atoms with Crippen molar-refractivity contribution in [3.8, 4) is 5.75 Å². The number of ether oxygens (including phenoxy) is 2. The Morgan fingerprint density at radius 1 is 1.15 bits per heavy atom. The number of para-hydroxylation sites is 1. The van der Waals surface area contributed by atoms with Crippen molar-refractivity contribution >= 4 is 8.41 Å². The van der Waals surface area contributed by atoms with Crippen LogP contribution in [-0.2, 0) is 11.3 Å². The van der Waals surface area contributed by atoms with Crippen LogP contribution >= 0.6 is 0 Å². The molecule has 182 valence electrons. The Bertz CT molecular complexity index is 1070. The second-order valence-electron chi connectivity index (χ2n) is 9.65. The summed E-state index contributed by atoms with van der Waals surface area (Å²) in [7, 11) is -1.39. The molecule has 34 heavy (non-hydrogen) atoms. The lowest BCUT2D eigenvalue weighted by Gasteiger charge is -2.43. The van der Waals surface area contributed by atoms with Crippen LogP contribution in [0.2, 0.25) is 18.6 Å². The van der Waals surface area contributed by atoms with Crippen LogP contribution in [0.1, 0.15) is 42.2 Å². The number of nitrogens with zero attached hydrogens (tertiary/aromatic N) is 3. The van der Waals surface area contributed by atoms with Gasteiger partial charge in [-0.05, 0) is 31.1 Å². The first-order chi connectivity index (χ1) is 16.3. The van der Waals surface area contributed by atoms with Gasteiger partial charge in [0.15, 0.2) is 0 Å². The van der Waals surface area contributed by atoms with Gasteiger partial charge in [-0.1, -0.05) is 60.7 Å². The highest BCUT2D eigenvalue weighted by atomic mass is 28.4. The van der Waals surface area contributed by atoms with Gasteiger partial charge in [0.1, 0.15) is 11.9 Å². The minimum absolute atomic E-state index is 0.00980. The molecular weight excluding hydrogens is 449 g/mol. The number of benzene rings is 2. The average Bonchev–Trinajstić information content (AvgIpc) is 3.28. The van der Waals surface area contributed by atoms with E-state index in [9.17, 15) is 5.11 Å². The molecule has 1 N–H and O–H groups in total. The van der Waals surface area contributed by atoms with Crippen LogP contribution in [0, 0.1) is 5.92 Å². The molecule has 1 aliphatic rings. The third kappa shape index (κ3) is 5.09. The van der Waals surface area contributed by atoms with Crippen molar-refractivity contribution in [1.82, 2.24) is 15.0 Å². The average molecular weight is 484 g/mol. The monoisotopic (exact) mass is 483 g/mol. The van der Waals surface area contributed by atoms with Gasteiger partial charge in [0.25, 0.3) is 0 Å². The molecule has 6 nitrogen and oxygen atoms in total. The molecule has 0 saturated carbocycles. The lowest BCUT2D eigenvalue weighted by Crippen LogP contribution is -2.46. The van der Waals surface area contributed by atoms with E-state index < -0.39 is 8.41 Å². The van der Waals surface area contributed by atoms with Gasteiger partial charge >= 0.3 is 0 Å². The predicted molar refractivity (Wildman–Crippen MR) is 132 cm³/mol. The van der Waals surface area contributed by atoms with Crippen molar-refractivity contribution in [3.63, 3.8) is 0 Å².